The first-order valence-electron chi connectivity index (χ1n) is 9.49. The van der Waals surface area contributed by atoms with Gasteiger partial charge in [0.15, 0.2) is 0 Å². The third kappa shape index (κ3) is 5.80. The minimum absolute atomic E-state index is 0.0120. The summed E-state index contributed by atoms with van der Waals surface area (Å²) in [6.07, 6.45) is 0.772. The van der Waals surface area contributed by atoms with Crippen LogP contribution in [0.3, 0.4) is 0 Å². The number of methoxy groups -OCH3 is 1. The highest BCUT2D eigenvalue weighted by Crippen LogP contribution is 2.19. The molecule has 30 heavy (non-hydrogen) atoms. The van der Waals surface area contributed by atoms with Crippen LogP contribution < -0.4 is 15.4 Å². The molecule has 0 bridgehead atoms. The SMILES string of the molecule is CCC(C)NC(=O)c1ccccc1NC(=O)CN(C)S(=O)(=O)c1ccc(OC)cc1. The summed E-state index contributed by atoms with van der Waals surface area (Å²) in [6, 6.07) is 12.5. The van der Waals surface area contributed by atoms with Crippen LogP contribution in [0.5, 0.6) is 5.75 Å². The van der Waals surface area contributed by atoms with E-state index in [0.717, 1.165) is 10.7 Å². The van der Waals surface area contributed by atoms with Crippen molar-refractivity contribution in [3.8, 4) is 5.75 Å². The van der Waals surface area contributed by atoms with Crippen molar-refractivity contribution in [1.29, 1.82) is 0 Å². The number of carbonyl (C=O) groups is 2. The lowest BCUT2D eigenvalue weighted by atomic mass is 10.1. The Kier molecular flexibility index (Phi) is 7.96. The molecular formula is C21H27N3O5S. The molecule has 2 amide bonds. The summed E-state index contributed by atoms with van der Waals surface area (Å²) < 4.78 is 31.4. The van der Waals surface area contributed by atoms with Gasteiger partial charge in [-0.05, 0) is 49.7 Å². The van der Waals surface area contributed by atoms with Crippen molar-refractivity contribution < 1.29 is 22.7 Å². The highest BCUT2D eigenvalue weighted by atomic mass is 32.2. The van der Waals surface area contributed by atoms with E-state index in [1.165, 1.54) is 38.4 Å². The molecule has 2 aromatic rings. The third-order valence-corrected chi connectivity index (χ3v) is 6.39. The highest BCUT2D eigenvalue weighted by Gasteiger charge is 2.24. The lowest BCUT2D eigenvalue weighted by Gasteiger charge is -2.18. The van der Waals surface area contributed by atoms with Crippen LogP contribution >= 0.6 is 0 Å². The number of anilines is 1. The van der Waals surface area contributed by atoms with Crippen molar-refractivity contribution in [1.82, 2.24) is 9.62 Å². The van der Waals surface area contributed by atoms with E-state index in [9.17, 15) is 18.0 Å². The molecule has 2 aromatic carbocycles. The van der Waals surface area contributed by atoms with E-state index in [1.807, 2.05) is 13.8 Å². The second-order valence-corrected chi connectivity index (χ2v) is 8.86. The number of hydrogen-bond acceptors (Lipinski definition) is 5. The maximum Gasteiger partial charge on any atom is 0.253 e. The molecule has 0 spiro atoms. The molecule has 0 aromatic heterocycles. The Labute approximate surface area is 177 Å². The zero-order valence-corrected chi connectivity index (χ0v) is 18.3. The molecule has 1 atom stereocenters. The predicted molar refractivity (Wildman–Crippen MR) is 115 cm³/mol. The first kappa shape index (κ1) is 23.4. The van der Waals surface area contributed by atoms with Crippen molar-refractivity contribution in [3.05, 3.63) is 54.1 Å². The lowest BCUT2D eigenvalue weighted by molar-refractivity contribution is -0.116. The van der Waals surface area contributed by atoms with Gasteiger partial charge >= 0.3 is 0 Å². The van der Waals surface area contributed by atoms with E-state index < -0.39 is 22.5 Å². The summed E-state index contributed by atoms with van der Waals surface area (Å²) in [5.41, 5.74) is 0.630. The van der Waals surface area contributed by atoms with Crippen LogP contribution in [0.4, 0.5) is 5.69 Å². The van der Waals surface area contributed by atoms with Gasteiger partial charge in [-0.1, -0.05) is 19.1 Å². The first-order valence-corrected chi connectivity index (χ1v) is 10.9. The van der Waals surface area contributed by atoms with Gasteiger partial charge in [-0.25, -0.2) is 8.42 Å². The van der Waals surface area contributed by atoms with E-state index >= 15 is 0 Å². The fourth-order valence-electron chi connectivity index (χ4n) is 2.60. The topological polar surface area (TPSA) is 105 Å². The molecule has 0 aliphatic carbocycles. The van der Waals surface area contributed by atoms with Gasteiger partial charge in [0, 0.05) is 13.1 Å². The minimum atomic E-state index is -3.86. The summed E-state index contributed by atoms with van der Waals surface area (Å²) in [5.74, 6) is -0.334. The van der Waals surface area contributed by atoms with Crippen LogP contribution in [0.15, 0.2) is 53.4 Å². The van der Waals surface area contributed by atoms with Crippen molar-refractivity contribution in [2.24, 2.45) is 0 Å². The number of ether oxygens (including phenoxy) is 1. The highest BCUT2D eigenvalue weighted by molar-refractivity contribution is 7.89. The summed E-state index contributed by atoms with van der Waals surface area (Å²) in [6.45, 7) is 3.44. The number of carbonyl (C=O) groups excluding carboxylic acids is 2. The van der Waals surface area contributed by atoms with E-state index in [1.54, 1.807) is 24.3 Å². The molecule has 0 aliphatic rings. The van der Waals surface area contributed by atoms with Gasteiger partial charge in [-0.3, -0.25) is 9.59 Å². The number of nitrogens with one attached hydrogen (secondary N) is 2. The van der Waals surface area contributed by atoms with Crippen LogP contribution in [0.25, 0.3) is 0 Å². The zero-order chi connectivity index (χ0) is 22.3. The standard InChI is InChI=1S/C21H27N3O5S/c1-5-15(2)22-21(26)18-8-6-7-9-19(18)23-20(25)14-24(3)30(27,28)17-12-10-16(29-4)11-13-17/h6-13,15H,5,14H2,1-4H3,(H,22,26)(H,23,25). The van der Waals surface area contributed by atoms with Gasteiger partial charge < -0.3 is 15.4 Å². The molecule has 0 heterocycles. The van der Waals surface area contributed by atoms with Gasteiger partial charge in [0.05, 0.1) is 29.8 Å². The average Bonchev–Trinajstić information content (AvgIpc) is 2.73. The summed E-state index contributed by atoms with van der Waals surface area (Å²) in [7, 11) is -1.05. The van der Waals surface area contributed by atoms with E-state index in [2.05, 4.69) is 10.6 Å². The number of nitrogens with zero attached hydrogens (tertiary/aromatic N) is 1. The third-order valence-electron chi connectivity index (χ3n) is 4.57. The van der Waals surface area contributed by atoms with Crippen LogP contribution in [-0.2, 0) is 14.8 Å². The maximum absolute atomic E-state index is 12.7. The number of para-hydroxylation sites is 1. The molecule has 8 nitrogen and oxygen atoms in total. The number of amides is 2. The Morgan fingerprint density at radius 1 is 1.10 bits per heavy atom. The molecule has 0 saturated carbocycles. The second kappa shape index (κ2) is 10.2. The van der Waals surface area contributed by atoms with Crippen molar-refractivity contribution >= 4 is 27.5 Å². The first-order chi connectivity index (χ1) is 14.2. The zero-order valence-electron chi connectivity index (χ0n) is 17.5. The molecule has 0 fully saturated rings. The van der Waals surface area contributed by atoms with Crippen LogP contribution in [-0.4, -0.2) is 51.3 Å². The van der Waals surface area contributed by atoms with Crippen LogP contribution in [0.2, 0.25) is 0 Å². The molecule has 2 rings (SSSR count). The predicted octanol–water partition coefficient (Wildman–Crippen LogP) is 2.48. The number of likely N-dealkylation sites (N-methyl/N-ethyl adjacent to an activating group) is 1. The average molecular weight is 434 g/mol. The largest absolute Gasteiger partial charge is 0.497 e. The molecule has 9 heteroatoms. The quantitative estimate of drug-likeness (QED) is 0.632. The van der Waals surface area contributed by atoms with Gasteiger partial charge in [0.25, 0.3) is 5.91 Å². The Morgan fingerprint density at radius 2 is 1.73 bits per heavy atom. The van der Waals surface area contributed by atoms with Gasteiger partial charge in [0.2, 0.25) is 15.9 Å². The molecule has 0 saturated heterocycles. The monoisotopic (exact) mass is 433 g/mol. The number of rotatable bonds is 9. The van der Waals surface area contributed by atoms with Crippen molar-refractivity contribution in [3.63, 3.8) is 0 Å². The summed E-state index contributed by atoms with van der Waals surface area (Å²) >= 11 is 0. The molecule has 1 unspecified atom stereocenters. The normalized spacial score (nSPS) is 12.3. The molecule has 2 N–H and O–H groups in total. The fraction of sp³-hybridized carbons (Fsp3) is 0.333. The Morgan fingerprint density at radius 3 is 2.33 bits per heavy atom. The lowest BCUT2D eigenvalue weighted by Crippen LogP contribution is -2.36. The van der Waals surface area contributed by atoms with E-state index in [-0.39, 0.29) is 16.8 Å². The molecule has 162 valence electrons. The Hall–Kier alpha value is -2.91. The smallest absolute Gasteiger partial charge is 0.253 e. The number of hydrogen-bond donors (Lipinski definition) is 2. The van der Waals surface area contributed by atoms with Gasteiger partial charge in [-0.15, -0.1) is 0 Å². The molecular weight excluding hydrogens is 406 g/mol. The minimum Gasteiger partial charge on any atom is -0.497 e. The van der Waals surface area contributed by atoms with E-state index in [4.69, 9.17) is 4.74 Å². The number of sulfonamides is 1. The fourth-order valence-corrected chi connectivity index (χ4v) is 3.73. The Bertz CT molecular complexity index is 990. The van der Waals surface area contributed by atoms with Crippen molar-refractivity contribution in [2.75, 3.05) is 26.0 Å². The summed E-state index contributed by atoms with van der Waals surface area (Å²) in [4.78, 5) is 25.0. The summed E-state index contributed by atoms with van der Waals surface area (Å²) in [5, 5.41) is 5.48. The maximum atomic E-state index is 12.7. The van der Waals surface area contributed by atoms with Crippen molar-refractivity contribution in [2.45, 2.75) is 31.2 Å². The molecule has 0 aliphatic heterocycles. The van der Waals surface area contributed by atoms with E-state index in [0.29, 0.717) is 17.0 Å². The van der Waals surface area contributed by atoms with Gasteiger partial charge in [0.1, 0.15) is 5.75 Å². The second-order valence-electron chi connectivity index (χ2n) is 6.81. The number of benzene rings is 2. The molecule has 0 radical (unpaired) electrons. The van der Waals surface area contributed by atoms with Crippen LogP contribution in [0, 0.1) is 0 Å². The van der Waals surface area contributed by atoms with Gasteiger partial charge in [-0.2, -0.15) is 4.31 Å². The van der Waals surface area contributed by atoms with Crippen LogP contribution in [0.1, 0.15) is 30.6 Å². The Balaban J connectivity index is 2.10.